The molecule has 1 saturated heterocycles. The molecule has 0 spiro atoms. The zero-order valence-corrected chi connectivity index (χ0v) is 16.2. The standard InChI is InChI=1S/C21H24ClN3O2/c1-24-8-10-25(11-9-24)19-5-3-18(4-6-19)23-21(26)16-12-15-13-17(22)2-7-20(15)27-14-16/h2-7,13,16H,8-12,14H2,1H3,(H,23,26)/t16-/m0/s1. The topological polar surface area (TPSA) is 44.8 Å². The quantitative estimate of drug-likeness (QED) is 0.880. The van der Waals surface area contributed by atoms with Gasteiger partial charge in [-0.1, -0.05) is 11.6 Å². The summed E-state index contributed by atoms with van der Waals surface area (Å²) in [6.45, 7) is 4.60. The summed E-state index contributed by atoms with van der Waals surface area (Å²) < 4.78 is 5.73. The van der Waals surface area contributed by atoms with Crippen molar-refractivity contribution in [3.63, 3.8) is 0 Å². The van der Waals surface area contributed by atoms with Gasteiger partial charge in [-0.05, 0) is 61.5 Å². The highest BCUT2D eigenvalue weighted by atomic mass is 35.5. The molecule has 0 aliphatic carbocycles. The van der Waals surface area contributed by atoms with Crippen LogP contribution in [0, 0.1) is 5.92 Å². The lowest BCUT2D eigenvalue weighted by Gasteiger charge is -2.34. The van der Waals surface area contributed by atoms with E-state index in [4.69, 9.17) is 16.3 Å². The van der Waals surface area contributed by atoms with Gasteiger partial charge in [0.15, 0.2) is 0 Å². The lowest BCUT2D eigenvalue weighted by Crippen LogP contribution is -2.44. The summed E-state index contributed by atoms with van der Waals surface area (Å²) in [5.41, 5.74) is 3.00. The Balaban J connectivity index is 1.37. The van der Waals surface area contributed by atoms with Gasteiger partial charge in [0.2, 0.25) is 5.91 Å². The third kappa shape index (κ3) is 4.20. The molecule has 1 amide bonds. The SMILES string of the molecule is CN1CCN(c2ccc(NC(=O)[C@@H]3COc4ccc(Cl)cc4C3)cc2)CC1. The van der Waals surface area contributed by atoms with Crippen LogP contribution in [-0.4, -0.2) is 50.6 Å². The van der Waals surface area contributed by atoms with Crippen molar-refractivity contribution in [1.82, 2.24) is 4.90 Å². The summed E-state index contributed by atoms with van der Waals surface area (Å²) in [4.78, 5) is 17.4. The molecule has 0 unspecified atom stereocenters. The van der Waals surface area contributed by atoms with E-state index in [0.29, 0.717) is 18.1 Å². The molecule has 0 saturated carbocycles. The largest absolute Gasteiger partial charge is 0.492 e. The number of carbonyl (C=O) groups excluding carboxylic acids is 1. The summed E-state index contributed by atoms with van der Waals surface area (Å²) in [6, 6.07) is 13.6. The molecule has 142 valence electrons. The highest BCUT2D eigenvalue weighted by Gasteiger charge is 2.26. The molecule has 2 aliphatic heterocycles. The zero-order valence-electron chi connectivity index (χ0n) is 15.5. The van der Waals surface area contributed by atoms with Crippen LogP contribution in [0.15, 0.2) is 42.5 Å². The molecule has 2 aromatic rings. The van der Waals surface area contributed by atoms with Gasteiger partial charge < -0.3 is 19.9 Å². The van der Waals surface area contributed by atoms with Crippen molar-refractivity contribution in [2.75, 3.05) is 50.1 Å². The number of hydrogen-bond acceptors (Lipinski definition) is 4. The fourth-order valence-electron chi connectivity index (χ4n) is 3.60. The number of hydrogen-bond donors (Lipinski definition) is 1. The van der Waals surface area contributed by atoms with Crippen LogP contribution >= 0.6 is 11.6 Å². The van der Waals surface area contributed by atoms with Crippen molar-refractivity contribution < 1.29 is 9.53 Å². The Bertz CT molecular complexity index is 817. The number of halogens is 1. The molecule has 4 rings (SSSR count). The van der Waals surface area contributed by atoms with Gasteiger partial charge in [0.25, 0.3) is 0 Å². The first kappa shape index (κ1) is 18.1. The van der Waals surface area contributed by atoms with Gasteiger partial charge in [-0.2, -0.15) is 0 Å². The van der Waals surface area contributed by atoms with Crippen molar-refractivity contribution in [2.24, 2.45) is 5.92 Å². The van der Waals surface area contributed by atoms with Crippen molar-refractivity contribution in [3.8, 4) is 5.75 Å². The average molecular weight is 386 g/mol. The lowest BCUT2D eigenvalue weighted by atomic mass is 9.96. The number of likely N-dealkylation sites (N-methyl/N-ethyl adjacent to an activating group) is 1. The molecule has 1 atom stereocenters. The predicted molar refractivity (Wildman–Crippen MR) is 109 cm³/mol. The molecule has 0 radical (unpaired) electrons. The molecule has 0 bridgehead atoms. The number of fused-ring (bicyclic) bond motifs is 1. The molecule has 2 aliphatic rings. The second kappa shape index (κ2) is 7.79. The average Bonchev–Trinajstić information content (AvgIpc) is 2.68. The van der Waals surface area contributed by atoms with Crippen molar-refractivity contribution in [1.29, 1.82) is 0 Å². The molecule has 27 heavy (non-hydrogen) atoms. The Morgan fingerprint density at radius 2 is 1.85 bits per heavy atom. The lowest BCUT2D eigenvalue weighted by molar-refractivity contribution is -0.121. The number of nitrogens with one attached hydrogen (secondary N) is 1. The highest BCUT2D eigenvalue weighted by molar-refractivity contribution is 6.30. The van der Waals surface area contributed by atoms with Crippen LogP contribution < -0.4 is 15.0 Å². The summed E-state index contributed by atoms with van der Waals surface area (Å²) in [5.74, 6) is 0.584. The second-order valence-electron chi connectivity index (χ2n) is 7.29. The zero-order chi connectivity index (χ0) is 18.8. The first-order valence-corrected chi connectivity index (χ1v) is 9.72. The van der Waals surface area contributed by atoms with Crippen LogP contribution in [-0.2, 0) is 11.2 Å². The van der Waals surface area contributed by atoms with Crippen LogP contribution in [0.1, 0.15) is 5.56 Å². The maximum Gasteiger partial charge on any atom is 0.231 e. The van der Waals surface area contributed by atoms with Gasteiger partial charge in [0.05, 0.1) is 5.92 Å². The number of benzene rings is 2. The molecule has 1 N–H and O–H groups in total. The maximum atomic E-state index is 12.6. The number of amides is 1. The number of piperazine rings is 1. The molecule has 5 nitrogen and oxygen atoms in total. The van der Waals surface area contributed by atoms with E-state index < -0.39 is 0 Å². The van der Waals surface area contributed by atoms with E-state index in [1.165, 1.54) is 5.69 Å². The summed E-state index contributed by atoms with van der Waals surface area (Å²) in [7, 11) is 2.15. The molecule has 6 heteroatoms. The fraction of sp³-hybridized carbons (Fsp3) is 0.381. The smallest absolute Gasteiger partial charge is 0.231 e. The Labute approximate surface area is 164 Å². The van der Waals surface area contributed by atoms with Gasteiger partial charge in [-0.3, -0.25) is 4.79 Å². The summed E-state index contributed by atoms with van der Waals surface area (Å²) >= 11 is 6.06. The number of carbonyl (C=O) groups is 1. The van der Waals surface area contributed by atoms with Gasteiger partial charge in [-0.15, -0.1) is 0 Å². The molecule has 2 heterocycles. The first-order valence-electron chi connectivity index (χ1n) is 9.34. The minimum atomic E-state index is -0.215. The highest BCUT2D eigenvalue weighted by Crippen LogP contribution is 2.30. The van der Waals surface area contributed by atoms with Crippen LogP contribution in [0.3, 0.4) is 0 Å². The third-order valence-corrected chi connectivity index (χ3v) is 5.54. The number of nitrogens with zero attached hydrogens (tertiary/aromatic N) is 2. The summed E-state index contributed by atoms with van der Waals surface area (Å²) in [5, 5.41) is 3.68. The number of rotatable bonds is 3. The van der Waals surface area contributed by atoms with Crippen LogP contribution in [0.2, 0.25) is 5.02 Å². The van der Waals surface area contributed by atoms with Crippen LogP contribution in [0.5, 0.6) is 5.75 Å². The second-order valence-corrected chi connectivity index (χ2v) is 7.73. The van der Waals surface area contributed by atoms with E-state index in [0.717, 1.165) is 43.2 Å². The normalized spacial score (nSPS) is 19.9. The minimum Gasteiger partial charge on any atom is -0.492 e. The maximum absolute atomic E-state index is 12.6. The monoisotopic (exact) mass is 385 g/mol. The Morgan fingerprint density at radius 1 is 1.11 bits per heavy atom. The molecule has 2 aromatic carbocycles. The molecular weight excluding hydrogens is 362 g/mol. The number of ether oxygens (including phenoxy) is 1. The third-order valence-electron chi connectivity index (χ3n) is 5.30. The fourth-order valence-corrected chi connectivity index (χ4v) is 3.79. The number of anilines is 2. The van der Waals surface area contributed by atoms with E-state index in [1.807, 2.05) is 30.3 Å². The van der Waals surface area contributed by atoms with E-state index >= 15 is 0 Å². The van der Waals surface area contributed by atoms with Gasteiger partial charge in [0.1, 0.15) is 12.4 Å². The molecule has 0 aromatic heterocycles. The van der Waals surface area contributed by atoms with Crippen molar-refractivity contribution in [2.45, 2.75) is 6.42 Å². The minimum absolute atomic E-state index is 0.0204. The predicted octanol–water partition coefficient (Wildman–Crippen LogP) is 3.28. The van der Waals surface area contributed by atoms with Crippen molar-refractivity contribution >= 4 is 28.9 Å². The van der Waals surface area contributed by atoms with Gasteiger partial charge in [-0.25, -0.2) is 0 Å². The van der Waals surface area contributed by atoms with E-state index in [2.05, 4.69) is 34.3 Å². The van der Waals surface area contributed by atoms with E-state index in [1.54, 1.807) is 0 Å². The van der Waals surface area contributed by atoms with Crippen LogP contribution in [0.4, 0.5) is 11.4 Å². The van der Waals surface area contributed by atoms with Gasteiger partial charge >= 0.3 is 0 Å². The summed E-state index contributed by atoms with van der Waals surface area (Å²) in [6.07, 6.45) is 0.640. The van der Waals surface area contributed by atoms with Gasteiger partial charge in [0, 0.05) is 42.6 Å². The Morgan fingerprint density at radius 3 is 2.59 bits per heavy atom. The molecule has 1 fully saturated rings. The first-order chi connectivity index (χ1) is 13.1. The Hall–Kier alpha value is -2.24. The van der Waals surface area contributed by atoms with E-state index in [-0.39, 0.29) is 11.8 Å². The van der Waals surface area contributed by atoms with Crippen LogP contribution in [0.25, 0.3) is 0 Å². The molecular formula is C21H24ClN3O2. The van der Waals surface area contributed by atoms with Crippen molar-refractivity contribution in [3.05, 3.63) is 53.1 Å². The Kier molecular flexibility index (Phi) is 5.23. The van der Waals surface area contributed by atoms with E-state index in [9.17, 15) is 4.79 Å².